The predicted octanol–water partition coefficient (Wildman–Crippen LogP) is 3.79. The molecule has 43 heavy (non-hydrogen) atoms. The Hall–Kier alpha value is -3.77. The number of hydrogen-bond donors (Lipinski definition) is 3. The van der Waals surface area contributed by atoms with Gasteiger partial charge in [0.1, 0.15) is 16.8 Å². The average molecular weight is 592 g/mol. The number of carbonyl (C=O) groups excluding carboxylic acids is 2. The summed E-state index contributed by atoms with van der Waals surface area (Å²) in [5.41, 5.74) is 2.98. The quantitative estimate of drug-likeness (QED) is 0.404. The van der Waals surface area contributed by atoms with E-state index in [9.17, 15) is 14.7 Å². The molecule has 2 fully saturated rings. The zero-order valence-electron chi connectivity index (χ0n) is 25.4. The van der Waals surface area contributed by atoms with Crippen LogP contribution >= 0.6 is 0 Å². The SMILES string of the molecule is CNC(=O)c1nn(C2CCCCO2)c2nc(N3CCC4(CC3)Cc3ccccc3[C@H]4NC(=O)OC(C)(C)C)c(CO)nc12. The zero-order chi connectivity index (χ0) is 30.4. The third-order valence-electron chi connectivity index (χ3n) is 8.84. The molecule has 230 valence electrons. The van der Waals surface area contributed by atoms with Crippen LogP contribution in [0.3, 0.4) is 0 Å². The molecule has 3 N–H and O–H groups in total. The number of fused-ring (bicyclic) bond motifs is 2. The summed E-state index contributed by atoms with van der Waals surface area (Å²) in [5, 5.41) is 20.8. The van der Waals surface area contributed by atoms with E-state index in [2.05, 4.69) is 32.8 Å². The number of alkyl carbamates (subject to hydrolysis) is 1. The monoisotopic (exact) mass is 591 g/mol. The van der Waals surface area contributed by atoms with E-state index >= 15 is 0 Å². The van der Waals surface area contributed by atoms with Gasteiger partial charge >= 0.3 is 6.09 Å². The molecule has 1 aromatic carbocycles. The van der Waals surface area contributed by atoms with Crippen LogP contribution in [-0.4, -0.2) is 69.2 Å². The minimum atomic E-state index is -0.594. The van der Waals surface area contributed by atoms with Crippen molar-refractivity contribution in [2.75, 3.05) is 31.6 Å². The molecule has 12 nitrogen and oxygen atoms in total. The van der Waals surface area contributed by atoms with E-state index in [1.54, 1.807) is 11.7 Å². The molecule has 0 saturated carbocycles. The Labute approximate surface area is 251 Å². The second-order valence-electron chi connectivity index (χ2n) is 12.8. The summed E-state index contributed by atoms with van der Waals surface area (Å²) < 4.78 is 13.3. The van der Waals surface area contributed by atoms with Crippen molar-refractivity contribution < 1.29 is 24.2 Å². The highest BCUT2D eigenvalue weighted by Crippen LogP contribution is 2.52. The van der Waals surface area contributed by atoms with Gasteiger partial charge in [-0.2, -0.15) is 5.10 Å². The van der Waals surface area contributed by atoms with E-state index in [4.69, 9.17) is 19.4 Å². The molecule has 1 unspecified atom stereocenters. The Kier molecular flexibility index (Phi) is 7.76. The third kappa shape index (κ3) is 5.53. The van der Waals surface area contributed by atoms with Gasteiger partial charge in [-0.25, -0.2) is 19.4 Å². The molecule has 0 radical (unpaired) electrons. The fourth-order valence-corrected chi connectivity index (χ4v) is 6.80. The standard InChI is InChI=1S/C31H41N7O5/c1-30(2,3)43-29(41)34-25-20-10-6-5-9-19(20)17-31(25)12-14-37(15-13-31)26-21(18-39)33-23-24(28(40)32-4)36-38(27(23)35-26)22-11-7-8-16-42-22/h5-6,9-10,22,25,39H,7-8,11-18H2,1-4H3,(H,32,40)(H,34,41)/t22?,25-/m1/s1. The topological polar surface area (TPSA) is 144 Å². The van der Waals surface area contributed by atoms with Crippen molar-refractivity contribution >= 4 is 29.0 Å². The Morgan fingerprint density at radius 2 is 1.93 bits per heavy atom. The molecule has 2 aliphatic heterocycles. The van der Waals surface area contributed by atoms with Crippen molar-refractivity contribution in [3.8, 4) is 0 Å². The van der Waals surface area contributed by atoms with Crippen LogP contribution < -0.4 is 15.5 Å². The number of nitrogens with one attached hydrogen (secondary N) is 2. The van der Waals surface area contributed by atoms with Crippen LogP contribution in [0.1, 0.15) is 92.5 Å². The number of aromatic nitrogens is 4. The zero-order valence-corrected chi connectivity index (χ0v) is 25.4. The molecule has 1 aliphatic carbocycles. The average Bonchev–Trinajstić information content (AvgIpc) is 3.51. The van der Waals surface area contributed by atoms with Crippen LogP contribution in [0.15, 0.2) is 24.3 Å². The van der Waals surface area contributed by atoms with Crippen LogP contribution in [0.25, 0.3) is 11.2 Å². The van der Waals surface area contributed by atoms with Gasteiger partial charge in [-0.05, 0) is 70.4 Å². The normalized spacial score (nSPS) is 21.6. The Balaban J connectivity index is 1.31. The van der Waals surface area contributed by atoms with Gasteiger partial charge in [0.05, 0.1) is 12.6 Å². The number of anilines is 1. The van der Waals surface area contributed by atoms with Gasteiger partial charge in [0.2, 0.25) is 0 Å². The van der Waals surface area contributed by atoms with Crippen molar-refractivity contribution in [1.29, 1.82) is 0 Å². The number of rotatable bonds is 5. The lowest BCUT2D eigenvalue weighted by Gasteiger charge is -2.44. The first-order valence-electron chi connectivity index (χ1n) is 15.2. The summed E-state index contributed by atoms with van der Waals surface area (Å²) >= 11 is 0. The van der Waals surface area contributed by atoms with Crippen molar-refractivity contribution in [2.45, 2.75) is 83.8 Å². The van der Waals surface area contributed by atoms with Gasteiger partial charge < -0.3 is 30.1 Å². The second-order valence-corrected chi connectivity index (χ2v) is 12.8. The summed E-state index contributed by atoms with van der Waals surface area (Å²) in [6, 6.07) is 8.12. The maximum Gasteiger partial charge on any atom is 0.408 e. The predicted molar refractivity (Wildman–Crippen MR) is 160 cm³/mol. The number of aliphatic hydroxyl groups excluding tert-OH is 1. The molecule has 2 saturated heterocycles. The van der Waals surface area contributed by atoms with Crippen LogP contribution in [-0.2, 0) is 22.5 Å². The van der Waals surface area contributed by atoms with Gasteiger partial charge in [0, 0.05) is 32.2 Å². The van der Waals surface area contributed by atoms with Gasteiger partial charge in [0.15, 0.2) is 23.4 Å². The van der Waals surface area contributed by atoms with E-state index in [-0.39, 0.29) is 35.9 Å². The lowest BCUT2D eigenvalue weighted by Crippen LogP contribution is -2.48. The van der Waals surface area contributed by atoms with E-state index in [0.717, 1.165) is 44.1 Å². The fourth-order valence-electron chi connectivity index (χ4n) is 6.80. The first-order valence-corrected chi connectivity index (χ1v) is 15.2. The summed E-state index contributed by atoms with van der Waals surface area (Å²) in [6.07, 6.45) is 4.43. The molecular weight excluding hydrogens is 550 g/mol. The highest BCUT2D eigenvalue weighted by molar-refractivity contribution is 6.02. The van der Waals surface area contributed by atoms with Crippen molar-refractivity contribution in [2.24, 2.45) is 5.41 Å². The highest BCUT2D eigenvalue weighted by Gasteiger charge is 2.49. The highest BCUT2D eigenvalue weighted by atomic mass is 16.6. The lowest BCUT2D eigenvalue weighted by atomic mass is 9.72. The smallest absolute Gasteiger partial charge is 0.408 e. The summed E-state index contributed by atoms with van der Waals surface area (Å²) in [4.78, 5) is 37.5. The van der Waals surface area contributed by atoms with Crippen LogP contribution in [0, 0.1) is 5.41 Å². The van der Waals surface area contributed by atoms with Crippen LogP contribution in [0.4, 0.5) is 10.6 Å². The van der Waals surface area contributed by atoms with Gasteiger partial charge in [0.25, 0.3) is 5.91 Å². The Morgan fingerprint density at radius 1 is 1.16 bits per heavy atom. The molecule has 2 atom stereocenters. The van der Waals surface area contributed by atoms with Gasteiger partial charge in [-0.15, -0.1) is 0 Å². The number of ether oxygens (including phenoxy) is 2. The van der Waals surface area contributed by atoms with Gasteiger partial charge in [-0.3, -0.25) is 4.79 Å². The first kappa shape index (κ1) is 29.3. The lowest BCUT2D eigenvalue weighted by molar-refractivity contribution is -0.0371. The number of nitrogens with zero attached hydrogens (tertiary/aromatic N) is 5. The first-order chi connectivity index (χ1) is 20.6. The largest absolute Gasteiger partial charge is 0.444 e. The van der Waals surface area contributed by atoms with Crippen LogP contribution in [0.2, 0.25) is 0 Å². The second kappa shape index (κ2) is 11.4. The fraction of sp³-hybridized carbons (Fsp3) is 0.581. The minimum absolute atomic E-state index is 0.165. The van der Waals surface area contributed by atoms with Crippen molar-refractivity contribution in [3.63, 3.8) is 0 Å². The maximum atomic E-state index is 12.9. The van der Waals surface area contributed by atoms with Crippen LogP contribution in [0.5, 0.6) is 0 Å². The number of benzene rings is 1. The number of aliphatic hydroxyl groups is 1. The molecule has 3 aliphatic rings. The molecule has 6 rings (SSSR count). The molecule has 0 bridgehead atoms. The molecule has 4 heterocycles. The molecule has 3 aromatic rings. The maximum absolute atomic E-state index is 12.9. The number of piperidine rings is 1. The minimum Gasteiger partial charge on any atom is -0.444 e. The molecule has 2 aromatic heterocycles. The number of hydrogen-bond acceptors (Lipinski definition) is 9. The van der Waals surface area contributed by atoms with E-state index in [1.807, 2.05) is 32.9 Å². The van der Waals surface area contributed by atoms with E-state index in [1.165, 1.54) is 5.56 Å². The number of carbonyl (C=O) groups is 2. The van der Waals surface area contributed by atoms with Crippen molar-refractivity contribution in [3.05, 3.63) is 46.8 Å². The Morgan fingerprint density at radius 3 is 2.60 bits per heavy atom. The van der Waals surface area contributed by atoms with E-state index < -0.39 is 11.7 Å². The molecule has 1 spiro atoms. The van der Waals surface area contributed by atoms with E-state index in [0.29, 0.717) is 42.4 Å². The Bertz CT molecular complexity index is 1520. The molecule has 2 amide bonds. The van der Waals surface area contributed by atoms with Gasteiger partial charge in [-0.1, -0.05) is 24.3 Å². The summed E-state index contributed by atoms with van der Waals surface area (Å²) in [5.74, 6) is 0.215. The molecular formula is C31H41N7O5. The summed E-state index contributed by atoms with van der Waals surface area (Å²) in [6.45, 7) is 7.20. The number of amides is 2. The van der Waals surface area contributed by atoms with Crippen molar-refractivity contribution in [1.82, 2.24) is 30.4 Å². The molecule has 12 heteroatoms. The summed E-state index contributed by atoms with van der Waals surface area (Å²) in [7, 11) is 1.55. The third-order valence-corrected chi connectivity index (χ3v) is 8.84.